The third kappa shape index (κ3) is 4.01. The highest BCUT2D eigenvalue weighted by molar-refractivity contribution is 6.30. The largest absolute Gasteiger partial charge is 0.444 e. The molecule has 5 heteroatoms. The van der Waals surface area contributed by atoms with Gasteiger partial charge in [-0.3, -0.25) is 4.79 Å². The lowest BCUT2D eigenvalue weighted by molar-refractivity contribution is 0.00941. The number of amides is 1. The Kier molecular flexibility index (Phi) is 5.12. The summed E-state index contributed by atoms with van der Waals surface area (Å²) in [6.07, 6.45) is 3.23. The van der Waals surface area contributed by atoms with E-state index in [-0.39, 0.29) is 12.1 Å². The van der Waals surface area contributed by atoms with Crippen molar-refractivity contribution in [1.82, 2.24) is 4.90 Å². The molecule has 22 heavy (non-hydrogen) atoms. The number of carbonyl (C=O) groups excluding carboxylic acids is 2. The minimum Gasteiger partial charge on any atom is -0.444 e. The Morgan fingerprint density at radius 3 is 2.73 bits per heavy atom. The molecular formula is C17H22ClNO3. The molecule has 0 radical (unpaired) electrons. The molecular weight excluding hydrogens is 302 g/mol. The summed E-state index contributed by atoms with van der Waals surface area (Å²) in [6, 6.07) is 5.00. The van der Waals surface area contributed by atoms with E-state index in [2.05, 4.69) is 0 Å². The van der Waals surface area contributed by atoms with Crippen LogP contribution in [0.5, 0.6) is 0 Å². The van der Waals surface area contributed by atoms with E-state index < -0.39 is 5.60 Å². The first kappa shape index (κ1) is 16.8. The normalized spacial score (nSPS) is 18.9. The van der Waals surface area contributed by atoms with Gasteiger partial charge in [0.05, 0.1) is 6.04 Å². The average Bonchev–Trinajstić information content (AvgIpc) is 2.45. The van der Waals surface area contributed by atoms with Gasteiger partial charge in [0, 0.05) is 17.1 Å². The zero-order chi connectivity index (χ0) is 16.3. The Morgan fingerprint density at radius 1 is 1.36 bits per heavy atom. The van der Waals surface area contributed by atoms with Gasteiger partial charge in [-0.05, 0) is 63.8 Å². The highest BCUT2D eigenvalue weighted by Gasteiger charge is 2.32. The lowest BCUT2D eigenvalue weighted by atomic mass is 9.92. The molecule has 0 N–H and O–H groups in total. The van der Waals surface area contributed by atoms with Gasteiger partial charge < -0.3 is 9.64 Å². The van der Waals surface area contributed by atoms with Crippen molar-refractivity contribution in [2.45, 2.75) is 51.7 Å². The molecule has 120 valence electrons. The predicted octanol–water partition coefficient (Wildman–Crippen LogP) is 4.61. The van der Waals surface area contributed by atoms with Crippen molar-refractivity contribution in [1.29, 1.82) is 0 Å². The maximum absolute atomic E-state index is 12.5. The molecule has 0 aliphatic carbocycles. The predicted molar refractivity (Wildman–Crippen MR) is 86.4 cm³/mol. The summed E-state index contributed by atoms with van der Waals surface area (Å²) in [4.78, 5) is 25.5. The first-order valence-electron chi connectivity index (χ1n) is 7.56. The summed E-state index contributed by atoms with van der Waals surface area (Å²) in [5, 5.41) is 0.565. The number of ether oxygens (including phenoxy) is 1. The Labute approximate surface area is 136 Å². The summed E-state index contributed by atoms with van der Waals surface area (Å²) in [5.41, 5.74) is 0.832. The molecule has 1 aromatic carbocycles. The smallest absolute Gasteiger partial charge is 0.410 e. The van der Waals surface area contributed by atoms with Gasteiger partial charge in [-0.1, -0.05) is 11.6 Å². The third-order valence-corrected chi connectivity index (χ3v) is 3.90. The fourth-order valence-electron chi connectivity index (χ4n) is 2.74. The molecule has 0 bridgehead atoms. The Morgan fingerprint density at radius 2 is 2.09 bits per heavy atom. The molecule has 0 aromatic heterocycles. The van der Waals surface area contributed by atoms with Crippen LogP contribution in [0, 0.1) is 0 Å². The molecule has 1 aliphatic heterocycles. The lowest BCUT2D eigenvalue weighted by Crippen LogP contribution is -2.42. The molecule has 4 nitrogen and oxygen atoms in total. The minimum absolute atomic E-state index is 0.164. The first-order valence-corrected chi connectivity index (χ1v) is 7.94. The van der Waals surface area contributed by atoms with E-state index in [0.717, 1.165) is 31.1 Å². The quantitative estimate of drug-likeness (QED) is 0.746. The van der Waals surface area contributed by atoms with Gasteiger partial charge in [0.1, 0.15) is 11.9 Å². The van der Waals surface area contributed by atoms with Gasteiger partial charge in [-0.15, -0.1) is 0 Å². The number of hydrogen-bond donors (Lipinski definition) is 0. The van der Waals surface area contributed by atoms with E-state index >= 15 is 0 Å². The summed E-state index contributed by atoms with van der Waals surface area (Å²) < 4.78 is 5.50. The molecule has 2 rings (SSSR count). The zero-order valence-electron chi connectivity index (χ0n) is 13.3. The number of carbonyl (C=O) groups is 2. The van der Waals surface area contributed by atoms with Crippen LogP contribution in [0.1, 0.15) is 62.0 Å². The molecule has 1 fully saturated rings. The fourth-order valence-corrected chi connectivity index (χ4v) is 2.92. The summed E-state index contributed by atoms with van der Waals surface area (Å²) in [6.45, 7) is 6.17. The van der Waals surface area contributed by atoms with E-state index in [9.17, 15) is 9.59 Å². The monoisotopic (exact) mass is 323 g/mol. The Bertz CT molecular complexity index is 566. The maximum atomic E-state index is 12.5. The molecule has 1 heterocycles. The second-order valence-corrected chi connectivity index (χ2v) is 7.01. The average molecular weight is 324 g/mol. The standard InChI is InChI=1S/C17H22ClNO3/c1-17(2,3)22-16(21)19-9-5-4-6-15(19)14-10-13(18)8-7-12(14)11-20/h7-8,10-11,15H,4-6,9H2,1-3H3. The number of benzene rings is 1. The Balaban J connectivity index is 2.32. The molecule has 0 saturated carbocycles. The van der Waals surface area contributed by atoms with Crippen molar-refractivity contribution in [3.63, 3.8) is 0 Å². The molecule has 1 aliphatic rings. The highest BCUT2D eigenvalue weighted by atomic mass is 35.5. The number of likely N-dealkylation sites (tertiary alicyclic amines) is 1. The Hall–Kier alpha value is -1.55. The molecule has 1 aromatic rings. The van der Waals surface area contributed by atoms with E-state index in [1.165, 1.54) is 0 Å². The van der Waals surface area contributed by atoms with Crippen LogP contribution in [0.15, 0.2) is 18.2 Å². The highest BCUT2D eigenvalue weighted by Crippen LogP contribution is 2.34. The molecule has 1 unspecified atom stereocenters. The van der Waals surface area contributed by atoms with Gasteiger partial charge in [0.25, 0.3) is 0 Å². The minimum atomic E-state index is -0.541. The summed E-state index contributed by atoms with van der Waals surface area (Å²) >= 11 is 6.08. The molecule has 1 atom stereocenters. The van der Waals surface area contributed by atoms with Crippen molar-refractivity contribution in [3.8, 4) is 0 Å². The fraction of sp³-hybridized carbons (Fsp3) is 0.529. The van der Waals surface area contributed by atoms with Gasteiger partial charge in [0.2, 0.25) is 0 Å². The van der Waals surface area contributed by atoms with Crippen molar-refractivity contribution in [2.24, 2.45) is 0 Å². The van der Waals surface area contributed by atoms with Crippen LogP contribution in [-0.2, 0) is 4.74 Å². The van der Waals surface area contributed by atoms with E-state index in [1.807, 2.05) is 20.8 Å². The number of hydrogen-bond acceptors (Lipinski definition) is 3. The van der Waals surface area contributed by atoms with Crippen LogP contribution >= 0.6 is 11.6 Å². The maximum Gasteiger partial charge on any atom is 0.410 e. The number of halogens is 1. The van der Waals surface area contributed by atoms with E-state index in [1.54, 1.807) is 23.1 Å². The van der Waals surface area contributed by atoms with Crippen LogP contribution in [0.4, 0.5) is 4.79 Å². The van der Waals surface area contributed by atoms with Crippen molar-refractivity contribution < 1.29 is 14.3 Å². The van der Waals surface area contributed by atoms with Crippen LogP contribution in [-0.4, -0.2) is 29.4 Å². The van der Waals surface area contributed by atoms with Crippen LogP contribution in [0.2, 0.25) is 5.02 Å². The zero-order valence-corrected chi connectivity index (χ0v) is 14.0. The van der Waals surface area contributed by atoms with Crippen molar-refractivity contribution in [2.75, 3.05) is 6.54 Å². The van der Waals surface area contributed by atoms with Crippen LogP contribution in [0.25, 0.3) is 0 Å². The molecule has 0 spiro atoms. The topological polar surface area (TPSA) is 46.6 Å². The van der Waals surface area contributed by atoms with E-state index in [0.29, 0.717) is 17.1 Å². The van der Waals surface area contributed by atoms with Crippen molar-refractivity contribution in [3.05, 3.63) is 34.3 Å². The number of aldehydes is 1. The molecule has 1 amide bonds. The summed E-state index contributed by atoms with van der Waals surface area (Å²) in [5.74, 6) is 0. The number of rotatable bonds is 2. The van der Waals surface area contributed by atoms with Gasteiger partial charge >= 0.3 is 6.09 Å². The van der Waals surface area contributed by atoms with Gasteiger partial charge in [-0.25, -0.2) is 4.79 Å². The van der Waals surface area contributed by atoms with Gasteiger partial charge in [-0.2, -0.15) is 0 Å². The van der Waals surface area contributed by atoms with Crippen LogP contribution in [0.3, 0.4) is 0 Å². The second kappa shape index (κ2) is 6.69. The van der Waals surface area contributed by atoms with Crippen molar-refractivity contribution >= 4 is 24.0 Å². The summed E-state index contributed by atoms with van der Waals surface area (Å²) in [7, 11) is 0. The third-order valence-electron chi connectivity index (χ3n) is 3.67. The molecule has 1 saturated heterocycles. The number of nitrogens with zero attached hydrogens (tertiary/aromatic N) is 1. The first-order chi connectivity index (χ1) is 10.3. The van der Waals surface area contributed by atoms with Crippen LogP contribution < -0.4 is 0 Å². The van der Waals surface area contributed by atoms with Gasteiger partial charge in [0.15, 0.2) is 0 Å². The van der Waals surface area contributed by atoms with E-state index in [4.69, 9.17) is 16.3 Å². The second-order valence-electron chi connectivity index (χ2n) is 6.58. The lowest BCUT2D eigenvalue weighted by Gasteiger charge is -2.37. The number of piperidine rings is 1. The SMILES string of the molecule is CC(C)(C)OC(=O)N1CCCCC1c1cc(Cl)ccc1C=O.